The zero-order valence-corrected chi connectivity index (χ0v) is 13.3. The summed E-state index contributed by atoms with van der Waals surface area (Å²) in [6.07, 6.45) is 4.74. The predicted molar refractivity (Wildman–Crippen MR) is 96.0 cm³/mol. The third-order valence-corrected chi connectivity index (χ3v) is 3.82. The summed E-state index contributed by atoms with van der Waals surface area (Å²) < 4.78 is 0. The number of rotatable bonds is 4. The number of aromatic amines is 1. The molecule has 0 unspecified atom stereocenters. The van der Waals surface area contributed by atoms with Crippen molar-refractivity contribution in [2.75, 3.05) is 0 Å². The SMILES string of the molecule is NC(=O)/C(C=Nc1ccnc2[nH]ccc12)=C(/N)c1ccccc1Cl. The molecule has 2 aromatic heterocycles. The van der Waals surface area contributed by atoms with Gasteiger partial charge in [-0.25, -0.2) is 4.98 Å². The van der Waals surface area contributed by atoms with Crippen LogP contribution in [0.25, 0.3) is 16.7 Å². The monoisotopic (exact) mass is 339 g/mol. The van der Waals surface area contributed by atoms with Gasteiger partial charge in [0.2, 0.25) is 0 Å². The molecule has 0 atom stereocenters. The van der Waals surface area contributed by atoms with Gasteiger partial charge in [0, 0.05) is 34.6 Å². The van der Waals surface area contributed by atoms with E-state index in [4.69, 9.17) is 23.1 Å². The molecule has 5 N–H and O–H groups in total. The Labute approximate surface area is 142 Å². The number of aromatic nitrogens is 2. The molecular formula is C17H14ClN5O. The highest BCUT2D eigenvalue weighted by Crippen LogP contribution is 2.25. The van der Waals surface area contributed by atoms with Crippen molar-refractivity contribution in [3.8, 4) is 0 Å². The highest BCUT2D eigenvalue weighted by molar-refractivity contribution is 6.33. The smallest absolute Gasteiger partial charge is 0.252 e. The molecule has 0 radical (unpaired) electrons. The second-order valence-corrected chi connectivity index (χ2v) is 5.41. The average molecular weight is 340 g/mol. The molecule has 0 aliphatic heterocycles. The summed E-state index contributed by atoms with van der Waals surface area (Å²) in [7, 11) is 0. The molecule has 3 aromatic rings. The summed E-state index contributed by atoms with van der Waals surface area (Å²) in [6.45, 7) is 0. The summed E-state index contributed by atoms with van der Waals surface area (Å²) in [5.74, 6) is -0.685. The number of aliphatic imine (C=N–C) groups is 1. The molecule has 0 aliphatic rings. The van der Waals surface area contributed by atoms with Gasteiger partial charge in [0.1, 0.15) is 5.65 Å². The number of nitrogens with zero attached hydrogens (tertiary/aromatic N) is 2. The van der Waals surface area contributed by atoms with Crippen LogP contribution in [0.5, 0.6) is 0 Å². The summed E-state index contributed by atoms with van der Waals surface area (Å²) in [5, 5.41) is 1.26. The first-order valence-electron chi connectivity index (χ1n) is 7.08. The Hall–Kier alpha value is -3.12. The normalized spacial score (nSPS) is 12.5. The molecule has 1 amide bonds. The topological polar surface area (TPSA) is 110 Å². The molecule has 7 heteroatoms. The predicted octanol–water partition coefficient (Wildman–Crippen LogP) is 2.77. The molecule has 0 spiro atoms. The van der Waals surface area contributed by atoms with E-state index in [0.29, 0.717) is 21.9 Å². The fraction of sp³-hybridized carbons (Fsp3) is 0. The van der Waals surface area contributed by atoms with Crippen LogP contribution in [0.1, 0.15) is 5.56 Å². The standard InChI is InChI=1S/C17H14ClN5O/c18-13-4-2-1-3-10(13)15(19)12(16(20)24)9-23-14-6-8-22-17-11(14)5-7-21-17/h1-9H,19H2,(H2,20,24)(H,21,22)/b15-12+,23-9?. The molecule has 6 nitrogen and oxygen atoms in total. The van der Waals surface area contributed by atoms with E-state index in [2.05, 4.69) is 15.0 Å². The Morgan fingerprint density at radius 2 is 2.00 bits per heavy atom. The van der Waals surface area contributed by atoms with Crippen molar-refractivity contribution < 1.29 is 4.79 Å². The molecule has 1 aromatic carbocycles. The Balaban J connectivity index is 2.07. The minimum absolute atomic E-state index is 0.0867. The van der Waals surface area contributed by atoms with Crippen molar-refractivity contribution in [1.82, 2.24) is 9.97 Å². The third-order valence-electron chi connectivity index (χ3n) is 3.49. The summed E-state index contributed by atoms with van der Waals surface area (Å²) in [5.41, 5.74) is 13.7. The van der Waals surface area contributed by atoms with Crippen LogP contribution in [0.4, 0.5) is 5.69 Å². The summed E-state index contributed by atoms with van der Waals surface area (Å²) in [6, 6.07) is 10.5. The lowest BCUT2D eigenvalue weighted by Crippen LogP contribution is -2.19. The van der Waals surface area contributed by atoms with E-state index in [9.17, 15) is 4.79 Å². The van der Waals surface area contributed by atoms with Gasteiger partial charge < -0.3 is 16.5 Å². The van der Waals surface area contributed by atoms with E-state index in [1.54, 1.807) is 42.7 Å². The zero-order chi connectivity index (χ0) is 17.1. The third kappa shape index (κ3) is 3.00. The van der Waals surface area contributed by atoms with Crippen LogP contribution >= 0.6 is 11.6 Å². The second-order valence-electron chi connectivity index (χ2n) is 5.00. The minimum Gasteiger partial charge on any atom is -0.398 e. The Morgan fingerprint density at radius 1 is 1.21 bits per heavy atom. The van der Waals surface area contributed by atoms with E-state index < -0.39 is 5.91 Å². The average Bonchev–Trinajstić information content (AvgIpc) is 3.04. The molecule has 0 bridgehead atoms. The van der Waals surface area contributed by atoms with Gasteiger partial charge in [-0.3, -0.25) is 9.79 Å². The number of hydrogen-bond donors (Lipinski definition) is 3. The molecule has 0 fully saturated rings. The number of halogens is 1. The van der Waals surface area contributed by atoms with Crippen molar-refractivity contribution in [2.24, 2.45) is 16.5 Å². The number of pyridine rings is 1. The van der Waals surface area contributed by atoms with Crippen molar-refractivity contribution >= 4 is 46.1 Å². The first-order valence-corrected chi connectivity index (χ1v) is 7.46. The Morgan fingerprint density at radius 3 is 2.75 bits per heavy atom. The Bertz CT molecular complexity index is 974. The van der Waals surface area contributed by atoms with Gasteiger partial charge in [0.05, 0.1) is 17.0 Å². The van der Waals surface area contributed by atoms with Gasteiger partial charge in [0.15, 0.2) is 0 Å². The molecule has 0 saturated carbocycles. The first kappa shape index (κ1) is 15.8. The lowest BCUT2D eigenvalue weighted by atomic mass is 10.1. The minimum atomic E-state index is -0.685. The van der Waals surface area contributed by atoms with Crippen LogP contribution in [-0.2, 0) is 4.79 Å². The number of nitrogens with two attached hydrogens (primary N) is 2. The maximum atomic E-state index is 11.8. The second kappa shape index (κ2) is 6.55. The van der Waals surface area contributed by atoms with Crippen LogP contribution < -0.4 is 11.5 Å². The van der Waals surface area contributed by atoms with Gasteiger partial charge in [0.25, 0.3) is 5.91 Å². The lowest BCUT2D eigenvalue weighted by Gasteiger charge is -2.07. The van der Waals surface area contributed by atoms with Gasteiger partial charge in [-0.05, 0) is 18.2 Å². The van der Waals surface area contributed by atoms with E-state index in [0.717, 1.165) is 5.39 Å². The number of primary amides is 1. The Kier molecular flexibility index (Phi) is 4.31. The lowest BCUT2D eigenvalue weighted by molar-refractivity contribution is -0.114. The number of hydrogen-bond acceptors (Lipinski definition) is 4. The van der Waals surface area contributed by atoms with Gasteiger partial charge in [-0.2, -0.15) is 0 Å². The zero-order valence-electron chi connectivity index (χ0n) is 12.5. The van der Waals surface area contributed by atoms with Gasteiger partial charge >= 0.3 is 0 Å². The van der Waals surface area contributed by atoms with Gasteiger partial charge in [-0.15, -0.1) is 0 Å². The fourth-order valence-corrected chi connectivity index (χ4v) is 2.52. The fourth-order valence-electron chi connectivity index (χ4n) is 2.28. The molecule has 3 rings (SSSR count). The maximum Gasteiger partial charge on any atom is 0.252 e. The van der Waals surface area contributed by atoms with Crippen molar-refractivity contribution in [1.29, 1.82) is 0 Å². The molecule has 24 heavy (non-hydrogen) atoms. The van der Waals surface area contributed by atoms with Crippen molar-refractivity contribution in [3.63, 3.8) is 0 Å². The molecule has 0 saturated heterocycles. The molecule has 0 aliphatic carbocycles. The van der Waals surface area contributed by atoms with E-state index in [1.807, 2.05) is 6.07 Å². The maximum absolute atomic E-state index is 11.8. The van der Waals surface area contributed by atoms with Crippen molar-refractivity contribution in [2.45, 2.75) is 0 Å². The van der Waals surface area contributed by atoms with Gasteiger partial charge in [-0.1, -0.05) is 29.8 Å². The first-order chi connectivity index (χ1) is 11.6. The molecular weight excluding hydrogens is 326 g/mol. The molecule has 120 valence electrons. The van der Waals surface area contributed by atoms with E-state index in [1.165, 1.54) is 6.21 Å². The summed E-state index contributed by atoms with van der Waals surface area (Å²) in [4.78, 5) is 23.3. The van der Waals surface area contributed by atoms with Crippen LogP contribution in [0.3, 0.4) is 0 Å². The number of nitrogens with one attached hydrogen (secondary N) is 1. The number of H-pyrrole nitrogens is 1. The van der Waals surface area contributed by atoms with E-state index >= 15 is 0 Å². The van der Waals surface area contributed by atoms with Crippen LogP contribution in [0.15, 0.2) is 59.4 Å². The number of carbonyl (C=O) groups is 1. The highest BCUT2D eigenvalue weighted by atomic mass is 35.5. The quantitative estimate of drug-likeness (QED) is 0.502. The largest absolute Gasteiger partial charge is 0.398 e. The van der Waals surface area contributed by atoms with Crippen LogP contribution in [0, 0.1) is 0 Å². The molecule has 2 heterocycles. The number of fused-ring (bicyclic) bond motifs is 1. The van der Waals surface area contributed by atoms with E-state index in [-0.39, 0.29) is 11.3 Å². The number of amides is 1. The van der Waals surface area contributed by atoms with Crippen molar-refractivity contribution in [3.05, 3.63) is 65.0 Å². The number of benzene rings is 1. The van der Waals surface area contributed by atoms with Crippen LogP contribution in [0.2, 0.25) is 5.02 Å². The highest BCUT2D eigenvalue weighted by Gasteiger charge is 2.12. The summed E-state index contributed by atoms with van der Waals surface area (Å²) >= 11 is 6.13. The number of carbonyl (C=O) groups excluding carboxylic acids is 1. The van der Waals surface area contributed by atoms with Crippen LogP contribution in [-0.4, -0.2) is 22.1 Å².